The molecule has 17 heavy (non-hydrogen) atoms. The van der Waals surface area contributed by atoms with E-state index in [2.05, 4.69) is 5.32 Å². The number of rotatable bonds is 5. The quantitative estimate of drug-likeness (QED) is 0.819. The third-order valence-corrected chi connectivity index (χ3v) is 1.95. The van der Waals surface area contributed by atoms with Crippen molar-refractivity contribution in [3.8, 4) is 5.75 Å². The lowest BCUT2D eigenvalue weighted by atomic mass is 10.2. The fourth-order valence-corrected chi connectivity index (χ4v) is 1.37. The summed E-state index contributed by atoms with van der Waals surface area (Å²) in [4.78, 5) is 21.3. The zero-order valence-corrected chi connectivity index (χ0v) is 9.77. The number of carboxylic acids is 1. The molecule has 0 aliphatic rings. The molecule has 1 atom stereocenters. The van der Waals surface area contributed by atoms with Crippen LogP contribution < -0.4 is 10.1 Å². The Morgan fingerprint density at radius 2 is 2.18 bits per heavy atom. The summed E-state index contributed by atoms with van der Waals surface area (Å²) in [7, 11) is 0. The normalized spacial score (nSPS) is 11.6. The fraction of sp³-hybridized carbons (Fsp3) is 0.333. The molecular weight excluding hydrogens is 222 g/mol. The van der Waals surface area contributed by atoms with Crippen molar-refractivity contribution in [2.45, 2.75) is 26.4 Å². The SMILES string of the molecule is CC(=O)Nc1cccc(OC(C)CC(=O)O)c1. The molecule has 0 heterocycles. The second-order valence-electron chi connectivity index (χ2n) is 3.74. The van der Waals surface area contributed by atoms with E-state index in [1.807, 2.05) is 0 Å². The zero-order chi connectivity index (χ0) is 12.8. The van der Waals surface area contributed by atoms with E-state index < -0.39 is 12.1 Å². The van der Waals surface area contributed by atoms with Crippen molar-refractivity contribution in [2.24, 2.45) is 0 Å². The van der Waals surface area contributed by atoms with Crippen molar-refractivity contribution in [2.75, 3.05) is 5.32 Å². The number of anilines is 1. The number of carbonyl (C=O) groups excluding carboxylic acids is 1. The second kappa shape index (κ2) is 5.89. The smallest absolute Gasteiger partial charge is 0.307 e. The summed E-state index contributed by atoms with van der Waals surface area (Å²) in [5.74, 6) is -0.541. The molecule has 1 unspecified atom stereocenters. The monoisotopic (exact) mass is 237 g/mol. The average molecular weight is 237 g/mol. The Labute approximate surface area is 99.4 Å². The van der Waals surface area contributed by atoms with Crippen LogP contribution >= 0.6 is 0 Å². The Morgan fingerprint density at radius 3 is 2.76 bits per heavy atom. The zero-order valence-electron chi connectivity index (χ0n) is 9.77. The molecule has 0 bridgehead atoms. The van der Waals surface area contributed by atoms with Crippen LogP contribution in [0.1, 0.15) is 20.3 Å². The molecular formula is C12H15NO4. The van der Waals surface area contributed by atoms with Gasteiger partial charge in [0.15, 0.2) is 0 Å². The minimum absolute atomic E-state index is 0.0651. The molecule has 5 heteroatoms. The number of hydrogen-bond donors (Lipinski definition) is 2. The first-order valence-electron chi connectivity index (χ1n) is 5.23. The van der Waals surface area contributed by atoms with Crippen LogP contribution in [0.25, 0.3) is 0 Å². The molecule has 0 spiro atoms. The van der Waals surface area contributed by atoms with Gasteiger partial charge in [-0.25, -0.2) is 0 Å². The molecule has 0 aliphatic heterocycles. The molecule has 5 nitrogen and oxygen atoms in total. The molecule has 2 N–H and O–H groups in total. The van der Waals surface area contributed by atoms with E-state index in [0.29, 0.717) is 11.4 Å². The third kappa shape index (κ3) is 5.01. The van der Waals surface area contributed by atoms with Crippen LogP contribution in [0.2, 0.25) is 0 Å². The van der Waals surface area contributed by atoms with Gasteiger partial charge in [0.05, 0.1) is 6.42 Å². The highest BCUT2D eigenvalue weighted by Crippen LogP contribution is 2.19. The number of aliphatic carboxylic acids is 1. The second-order valence-corrected chi connectivity index (χ2v) is 3.74. The van der Waals surface area contributed by atoms with Crippen LogP contribution in [0.4, 0.5) is 5.69 Å². The molecule has 0 radical (unpaired) electrons. The summed E-state index contributed by atoms with van der Waals surface area (Å²) >= 11 is 0. The Balaban J connectivity index is 2.65. The number of benzene rings is 1. The topological polar surface area (TPSA) is 75.6 Å². The van der Waals surface area contributed by atoms with Gasteiger partial charge in [-0.1, -0.05) is 6.07 Å². The van der Waals surface area contributed by atoms with Gasteiger partial charge in [-0.05, 0) is 19.1 Å². The molecule has 1 aromatic rings. The van der Waals surface area contributed by atoms with E-state index in [9.17, 15) is 9.59 Å². The van der Waals surface area contributed by atoms with Gasteiger partial charge >= 0.3 is 5.97 Å². The average Bonchev–Trinajstić information content (AvgIpc) is 2.14. The van der Waals surface area contributed by atoms with Gasteiger partial charge in [-0.15, -0.1) is 0 Å². The van der Waals surface area contributed by atoms with Crippen LogP contribution in [0.5, 0.6) is 5.75 Å². The van der Waals surface area contributed by atoms with Gasteiger partial charge in [0.25, 0.3) is 0 Å². The first-order chi connectivity index (χ1) is 7.97. The summed E-state index contributed by atoms with van der Waals surface area (Å²) in [5.41, 5.74) is 0.623. The standard InChI is InChI=1S/C12H15NO4/c1-8(6-12(15)16)17-11-5-3-4-10(7-11)13-9(2)14/h3-5,7-8H,6H2,1-2H3,(H,13,14)(H,15,16). The van der Waals surface area contributed by atoms with E-state index in [4.69, 9.17) is 9.84 Å². The number of nitrogens with one attached hydrogen (secondary N) is 1. The molecule has 1 amide bonds. The van der Waals surface area contributed by atoms with E-state index in [1.54, 1.807) is 31.2 Å². The fourth-order valence-electron chi connectivity index (χ4n) is 1.37. The number of amides is 1. The highest BCUT2D eigenvalue weighted by atomic mass is 16.5. The molecule has 0 saturated heterocycles. The molecule has 0 saturated carbocycles. The lowest BCUT2D eigenvalue weighted by Crippen LogP contribution is -2.16. The number of ether oxygens (including phenoxy) is 1. The van der Waals surface area contributed by atoms with Gasteiger partial charge in [0.1, 0.15) is 11.9 Å². The van der Waals surface area contributed by atoms with Crippen molar-refractivity contribution < 1.29 is 19.4 Å². The summed E-state index contributed by atoms with van der Waals surface area (Å²) in [6, 6.07) is 6.83. The summed E-state index contributed by atoms with van der Waals surface area (Å²) in [5, 5.41) is 11.2. The highest BCUT2D eigenvalue weighted by Gasteiger charge is 2.09. The maximum Gasteiger partial charge on any atom is 0.307 e. The minimum atomic E-state index is -0.907. The third-order valence-electron chi connectivity index (χ3n) is 1.95. The molecule has 1 rings (SSSR count). The summed E-state index contributed by atoms with van der Waals surface area (Å²) in [6.45, 7) is 3.10. The van der Waals surface area contributed by atoms with Gasteiger partial charge in [-0.3, -0.25) is 9.59 Å². The molecule has 0 aromatic heterocycles. The van der Waals surface area contributed by atoms with Gasteiger partial charge < -0.3 is 15.2 Å². The van der Waals surface area contributed by atoms with Crippen molar-refractivity contribution in [3.05, 3.63) is 24.3 Å². The largest absolute Gasteiger partial charge is 0.490 e. The number of carboxylic acid groups (broad SMARTS) is 1. The Hall–Kier alpha value is -2.04. The molecule has 0 aliphatic carbocycles. The van der Waals surface area contributed by atoms with Crippen LogP contribution in [0.15, 0.2) is 24.3 Å². The summed E-state index contributed by atoms with van der Waals surface area (Å²) < 4.78 is 5.42. The van der Waals surface area contributed by atoms with E-state index >= 15 is 0 Å². The van der Waals surface area contributed by atoms with E-state index in [-0.39, 0.29) is 12.3 Å². The number of hydrogen-bond acceptors (Lipinski definition) is 3. The lowest BCUT2D eigenvalue weighted by molar-refractivity contribution is -0.138. The minimum Gasteiger partial charge on any atom is -0.490 e. The maximum atomic E-state index is 10.9. The predicted molar refractivity (Wildman–Crippen MR) is 63.1 cm³/mol. The van der Waals surface area contributed by atoms with Gasteiger partial charge in [-0.2, -0.15) is 0 Å². The maximum absolute atomic E-state index is 10.9. The van der Waals surface area contributed by atoms with Crippen molar-refractivity contribution in [1.29, 1.82) is 0 Å². The first kappa shape index (κ1) is 13.0. The molecule has 1 aromatic carbocycles. The Bertz CT molecular complexity index is 417. The first-order valence-corrected chi connectivity index (χ1v) is 5.23. The van der Waals surface area contributed by atoms with E-state index in [1.165, 1.54) is 6.92 Å². The van der Waals surface area contributed by atoms with E-state index in [0.717, 1.165) is 0 Å². The molecule has 0 fully saturated rings. The lowest BCUT2D eigenvalue weighted by Gasteiger charge is -2.13. The van der Waals surface area contributed by atoms with Gasteiger partial charge in [0, 0.05) is 18.7 Å². The Kier molecular flexibility index (Phi) is 4.51. The predicted octanol–water partition coefficient (Wildman–Crippen LogP) is 1.89. The van der Waals surface area contributed by atoms with Gasteiger partial charge in [0.2, 0.25) is 5.91 Å². The van der Waals surface area contributed by atoms with Crippen LogP contribution in [0, 0.1) is 0 Å². The van der Waals surface area contributed by atoms with Crippen LogP contribution in [-0.4, -0.2) is 23.1 Å². The van der Waals surface area contributed by atoms with Crippen molar-refractivity contribution in [1.82, 2.24) is 0 Å². The number of carbonyl (C=O) groups is 2. The molecule has 92 valence electrons. The van der Waals surface area contributed by atoms with Crippen LogP contribution in [0.3, 0.4) is 0 Å². The van der Waals surface area contributed by atoms with Crippen LogP contribution in [-0.2, 0) is 9.59 Å². The Morgan fingerprint density at radius 1 is 1.47 bits per heavy atom. The highest BCUT2D eigenvalue weighted by molar-refractivity contribution is 5.88. The summed E-state index contributed by atoms with van der Waals surface area (Å²) in [6.07, 6.45) is -0.482. The van der Waals surface area contributed by atoms with Crippen molar-refractivity contribution in [3.63, 3.8) is 0 Å². The van der Waals surface area contributed by atoms with Crippen molar-refractivity contribution >= 4 is 17.6 Å².